The maximum atomic E-state index is 12.5. The first-order valence-corrected chi connectivity index (χ1v) is 9.68. The van der Waals surface area contributed by atoms with E-state index in [-0.39, 0.29) is 11.7 Å². The fourth-order valence-electron chi connectivity index (χ4n) is 2.92. The second kappa shape index (κ2) is 8.76. The summed E-state index contributed by atoms with van der Waals surface area (Å²) in [5.41, 5.74) is 6.41. The maximum Gasteiger partial charge on any atom is 0.255 e. The molecule has 0 aromatic heterocycles. The minimum absolute atomic E-state index is 0.167. The number of nitrogens with two attached hydrogens (primary N) is 1. The molecule has 0 unspecified atom stereocenters. The minimum Gasteiger partial charge on any atom is -0.490 e. The molecule has 3 N–H and O–H groups in total. The van der Waals surface area contributed by atoms with E-state index in [1.54, 1.807) is 18.2 Å². The van der Waals surface area contributed by atoms with Crippen LogP contribution in [0.4, 0.5) is 5.69 Å². The monoisotopic (exact) mass is 370 g/mol. The van der Waals surface area contributed by atoms with Crippen molar-refractivity contribution >= 4 is 29.3 Å². The van der Waals surface area contributed by atoms with E-state index in [1.165, 1.54) is 24.6 Å². The van der Waals surface area contributed by atoms with Gasteiger partial charge in [-0.3, -0.25) is 9.59 Å². The average Bonchev–Trinajstić information content (AvgIpc) is 3.14. The molecule has 2 aromatic carbocycles. The number of thioether (sulfide) groups is 1. The Bertz CT molecular complexity index is 771. The number of hydrogen-bond acceptors (Lipinski definition) is 4. The van der Waals surface area contributed by atoms with E-state index >= 15 is 0 Å². The van der Waals surface area contributed by atoms with Gasteiger partial charge in [0.15, 0.2) is 0 Å². The lowest BCUT2D eigenvalue weighted by Gasteiger charge is -2.13. The molecule has 26 heavy (non-hydrogen) atoms. The maximum absolute atomic E-state index is 12.5. The lowest BCUT2D eigenvalue weighted by molar-refractivity contribution is -0.115. The number of amides is 2. The first-order chi connectivity index (χ1) is 12.6. The van der Waals surface area contributed by atoms with Crippen molar-refractivity contribution in [3.8, 4) is 5.75 Å². The van der Waals surface area contributed by atoms with Crippen LogP contribution in [-0.2, 0) is 4.79 Å². The van der Waals surface area contributed by atoms with E-state index in [2.05, 4.69) is 5.32 Å². The van der Waals surface area contributed by atoms with Gasteiger partial charge < -0.3 is 15.8 Å². The van der Waals surface area contributed by atoms with Crippen LogP contribution in [0.5, 0.6) is 5.75 Å². The highest BCUT2D eigenvalue weighted by Crippen LogP contribution is 2.28. The van der Waals surface area contributed by atoms with E-state index in [9.17, 15) is 9.59 Å². The number of benzene rings is 2. The zero-order chi connectivity index (χ0) is 18.4. The molecule has 1 aliphatic rings. The number of carbonyl (C=O) groups is 2. The van der Waals surface area contributed by atoms with Gasteiger partial charge in [0.2, 0.25) is 5.91 Å². The number of anilines is 1. The van der Waals surface area contributed by atoms with Crippen LogP contribution in [0, 0.1) is 0 Å². The van der Waals surface area contributed by atoms with Gasteiger partial charge in [-0.25, -0.2) is 0 Å². The van der Waals surface area contributed by atoms with Crippen LogP contribution >= 0.6 is 11.8 Å². The lowest BCUT2D eigenvalue weighted by Crippen LogP contribution is -2.15. The summed E-state index contributed by atoms with van der Waals surface area (Å²) in [6.07, 6.45) is 4.93. The SMILES string of the molecule is NC(=O)CSc1ccccc1NC(=O)c1ccc(OC2CCCC2)cc1. The number of hydrogen-bond donors (Lipinski definition) is 2. The van der Waals surface area contributed by atoms with E-state index in [1.807, 2.05) is 30.3 Å². The van der Waals surface area contributed by atoms with Crippen molar-refractivity contribution in [1.29, 1.82) is 0 Å². The molecule has 2 amide bonds. The number of ether oxygens (including phenoxy) is 1. The summed E-state index contributed by atoms with van der Waals surface area (Å²) < 4.78 is 5.92. The number of rotatable bonds is 7. The van der Waals surface area contributed by atoms with E-state index in [0.29, 0.717) is 17.4 Å². The van der Waals surface area contributed by atoms with Gasteiger partial charge in [-0.1, -0.05) is 12.1 Å². The molecule has 136 valence electrons. The summed E-state index contributed by atoms with van der Waals surface area (Å²) in [4.78, 5) is 24.3. The lowest BCUT2D eigenvalue weighted by atomic mass is 10.2. The Hall–Kier alpha value is -2.47. The molecule has 1 saturated carbocycles. The summed E-state index contributed by atoms with van der Waals surface area (Å²) in [7, 11) is 0. The molecular weight excluding hydrogens is 348 g/mol. The van der Waals surface area contributed by atoms with Gasteiger partial charge in [-0.05, 0) is 62.1 Å². The minimum atomic E-state index is -0.394. The highest BCUT2D eigenvalue weighted by Gasteiger charge is 2.16. The third-order valence-corrected chi connectivity index (χ3v) is 5.32. The average molecular weight is 370 g/mol. The Morgan fingerprint density at radius 1 is 1.08 bits per heavy atom. The van der Waals surface area contributed by atoms with Gasteiger partial charge in [-0.15, -0.1) is 11.8 Å². The molecule has 0 spiro atoms. The molecule has 0 radical (unpaired) electrons. The quantitative estimate of drug-likeness (QED) is 0.726. The second-order valence-electron chi connectivity index (χ2n) is 6.25. The fourth-order valence-corrected chi connectivity index (χ4v) is 3.67. The van der Waals surface area contributed by atoms with Crippen molar-refractivity contribution in [2.45, 2.75) is 36.7 Å². The zero-order valence-corrected chi connectivity index (χ0v) is 15.3. The van der Waals surface area contributed by atoms with E-state index < -0.39 is 5.91 Å². The van der Waals surface area contributed by atoms with Gasteiger partial charge in [0.1, 0.15) is 5.75 Å². The molecule has 0 heterocycles. The Balaban J connectivity index is 1.63. The topological polar surface area (TPSA) is 81.4 Å². The second-order valence-corrected chi connectivity index (χ2v) is 7.27. The summed E-state index contributed by atoms with van der Waals surface area (Å²) >= 11 is 1.30. The van der Waals surface area contributed by atoms with Gasteiger partial charge in [0.05, 0.1) is 17.5 Å². The molecule has 1 fully saturated rings. The molecule has 1 aliphatic carbocycles. The molecule has 3 rings (SSSR count). The van der Waals surface area contributed by atoms with Crippen LogP contribution < -0.4 is 15.8 Å². The van der Waals surface area contributed by atoms with E-state index in [0.717, 1.165) is 23.5 Å². The zero-order valence-electron chi connectivity index (χ0n) is 14.4. The van der Waals surface area contributed by atoms with Crippen LogP contribution in [0.2, 0.25) is 0 Å². The molecule has 0 atom stereocenters. The first kappa shape index (κ1) is 18.3. The molecule has 2 aromatic rings. The third-order valence-electron chi connectivity index (χ3n) is 4.23. The first-order valence-electron chi connectivity index (χ1n) is 8.70. The Morgan fingerprint density at radius 3 is 2.46 bits per heavy atom. The summed E-state index contributed by atoms with van der Waals surface area (Å²) in [6.45, 7) is 0. The fraction of sp³-hybridized carbons (Fsp3) is 0.300. The molecular formula is C20H22N2O3S. The Kier molecular flexibility index (Phi) is 6.17. The van der Waals surface area contributed by atoms with Gasteiger partial charge >= 0.3 is 0 Å². The smallest absolute Gasteiger partial charge is 0.255 e. The number of carbonyl (C=O) groups excluding carboxylic acids is 2. The van der Waals surface area contributed by atoms with Crippen LogP contribution in [0.1, 0.15) is 36.0 Å². The standard InChI is InChI=1S/C20H22N2O3S/c21-19(23)13-26-18-8-4-3-7-17(18)22-20(24)14-9-11-16(12-10-14)25-15-5-1-2-6-15/h3-4,7-12,15H,1-2,5-6,13H2,(H2,21,23)(H,22,24). The van der Waals surface area contributed by atoms with Gasteiger partial charge in [0.25, 0.3) is 5.91 Å². The van der Waals surface area contributed by atoms with Crippen molar-refractivity contribution in [2.75, 3.05) is 11.1 Å². The van der Waals surface area contributed by atoms with Crippen LogP contribution in [0.3, 0.4) is 0 Å². The predicted octanol–water partition coefficient (Wildman–Crippen LogP) is 3.84. The number of para-hydroxylation sites is 1. The molecule has 0 saturated heterocycles. The summed E-state index contributed by atoms with van der Waals surface area (Å²) in [6, 6.07) is 14.5. The molecule has 5 nitrogen and oxygen atoms in total. The van der Waals surface area contributed by atoms with Crippen LogP contribution in [-0.4, -0.2) is 23.7 Å². The summed E-state index contributed by atoms with van der Waals surface area (Å²) in [5, 5.41) is 2.89. The van der Waals surface area contributed by atoms with Crippen molar-refractivity contribution in [3.05, 3.63) is 54.1 Å². The Labute approximate surface area is 157 Å². The summed E-state index contributed by atoms with van der Waals surface area (Å²) in [5.74, 6) is 0.365. The molecule has 0 aliphatic heterocycles. The number of nitrogens with one attached hydrogen (secondary N) is 1. The largest absolute Gasteiger partial charge is 0.490 e. The van der Waals surface area contributed by atoms with Crippen LogP contribution in [0.15, 0.2) is 53.4 Å². The number of primary amides is 1. The Morgan fingerprint density at radius 2 is 1.77 bits per heavy atom. The van der Waals surface area contributed by atoms with Crippen LogP contribution in [0.25, 0.3) is 0 Å². The molecule has 0 bridgehead atoms. The van der Waals surface area contributed by atoms with Gasteiger partial charge in [0, 0.05) is 10.5 Å². The molecule has 6 heteroatoms. The third kappa shape index (κ3) is 5.02. The van der Waals surface area contributed by atoms with Crippen molar-refractivity contribution in [2.24, 2.45) is 5.73 Å². The predicted molar refractivity (Wildman–Crippen MR) is 104 cm³/mol. The van der Waals surface area contributed by atoms with Crippen molar-refractivity contribution < 1.29 is 14.3 Å². The normalized spacial score (nSPS) is 14.2. The van der Waals surface area contributed by atoms with Crippen molar-refractivity contribution in [1.82, 2.24) is 0 Å². The highest BCUT2D eigenvalue weighted by atomic mass is 32.2. The van der Waals surface area contributed by atoms with Gasteiger partial charge in [-0.2, -0.15) is 0 Å². The van der Waals surface area contributed by atoms with E-state index in [4.69, 9.17) is 10.5 Å². The highest BCUT2D eigenvalue weighted by molar-refractivity contribution is 8.00. The van der Waals surface area contributed by atoms with Crippen molar-refractivity contribution in [3.63, 3.8) is 0 Å².